The van der Waals surface area contributed by atoms with Crippen LogP contribution >= 0.6 is 0 Å². The Morgan fingerprint density at radius 1 is 1.38 bits per heavy atom. The molecule has 0 bridgehead atoms. The molecule has 1 atom stereocenters. The van der Waals surface area contributed by atoms with Crippen LogP contribution in [0.4, 0.5) is 14.9 Å². The second-order valence-corrected chi connectivity index (χ2v) is 5.44. The highest BCUT2D eigenvalue weighted by molar-refractivity contribution is 5.90. The van der Waals surface area contributed by atoms with Crippen LogP contribution < -0.4 is 5.32 Å². The van der Waals surface area contributed by atoms with Crippen molar-refractivity contribution >= 4 is 17.7 Å². The van der Waals surface area contributed by atoms with E-state index in [1.165, 1.54) is 29.2 Å². The number of urea groups is 1. The predicted molar refractivity (Wildman–Crippen MR) is 76.6 cm³/mol. The number of benzene rings is 1. The molecule has 2 N–H and O–H groups in total. The van der Waals surface area contributed by atoms with Gasteiger partial charge in [0.15, 0.2) is 0 Å². The van der Waals surface area contributed by atoms with Gasteiger partial charge in [-0.15, -0.1) is 0 Å². The van der Waals surface area contributed by atoms with Crippen LogP contribution in [0.5, 0.6) is 0 Å². The fourth-order valence-corrected chi connectivity index (χ4v) is 2.75. The van der Waals surface area contributed by atoms with Crippen LogP contribution in [-0.2, 0) is 4.79 Å². The fraction of sp³-hybridized carbons (Fsp3) is 0.467. The molecule has 21 heavy (non-hydrogen) atoms. The first-order valence-corrected chi connectivity index (χ1v) is 7.02. The van der Waals surface area contributed by atoms with Crippen molar-refractivity contribution in [3.05, 3.63) is 30.1 Å². The number of carboxylic acids is 1. The van der Waals surface area contributed by atoms with Gasteiger partial charge in [-0.05, 0) is 37.1 Å². The van der Waals surface area contributed by atoms with Gasteiger partial charge in [-0.1, -0.05) is 13.3 Å². The number of hydrogen-bond acceptors (Lipinski definition) is 2. The number of aliphatic carboxylic acids is 1. The third-order valence-corrected chi connectivity index (χ3v) is 3.92. The van der Waals surface area contributed by atoms with Crippen molar-refractivity contribution in [2.75, 3.05) is 18.4 Å². The summed E-state index contributed by atoms with van der Waals surface area (Å²) in [5.74, 6) is -1.22. The largest absolute Gasteiger partial charge is 0.481 e. The number of amides is 2. The molecule has 2 rings (SSSR count). The fourth-order valence-electron chi connectivity index (χ4n) is 2.75. The summed E-state index contributed by atoms with van der Waals surface area (Å²) >= 11 is 0. The molecule has 1 aliphatic heterocycles. The van der Waals surface area contributed by atoms with Gasteiger partial charge in [-0.25, -0.2) is 9.18 Å². The Hall–Kier alpha value is -2.11. The first-order valence-electron chi connectivity index (χ1n) is 7.02. The van der Waals surface area contributed by atoms with Crippen LogP contribution in [0.15, 0.2) is 24.3 Å². The Balaban J connectivity index is 2.01. The van der Waals surface area contributed by atoms with E-state index in [0.29, 0.717) is 25.1 Å². The van der Waals surface area contributed by atoms with Crippen molar-refractivity contribution < 1.29 is 19.1 Å². The van der Waals surface area contributed by atoms with Crippen LogP contribution in [0.25, 0.3) is 0 Å². The van der Waals surface area contributed by atoms with E-state index >= 15 is 0 Å². The highest BCUT2D eigenvalue weighted by Gasteiger charge is 2.45. The van der Waals surface area contributed by atoms with Crippen molar-refractivity contribution in [3.8, 4) is 0 Å². The number of nitrogens with one attached hydrogen (secondary N) is 1. The Morgan fingerprint density at radius 3 is 2.62 bits per heavy atom. The van der Waals surface area contributed by atoms with E-state index in [1.807, 2.05) is 6.92 Å². The van der Waals surface area contributed by atoms with E-state index in [0.717, 1.165) is 6.42 Å². The molecule has 0 radical (unpaired) electrons. The quantitative estimate of drug-likeness (QED) is 0.897. The number of halogens is 1. The average molecular weight is 294 g/mol. The maximum atomic E-state index is 12.8. The van der Waals surface area contributed by atoms with Gasteiger partial charge in [-0.2, -0.15) is 0 Å². The molecule has 0 spiro atoms. The SMILES string of the molecule is CCCC1(C(=O)O)CCN(C(=O)Nc2ccc(F)cc2)C1. The number of carboxylic acid groups (broad SMARTS) is 1. The lowest BCUT2D eigenvalue weighted by Crippen LogP contribution is -2.38. The minimum atomic E-state index is -0.846. The van der Waals surface area contributed by atoms with Crippen molar-refractivity contribution in [1.82, 2.24) is 4.90 Å². The van der Waals surface area contributed by atoms with Crippen LogP contribution in [0, 0.1) is 11.2 Å². The number of likely N-dealkylation sites (tertiary alicyclic amines) is 1. The normalized spacial score (nSPS) is 21.3. The number of hydrogen-bond donors (Lipinski definition) is 2. The molecule has 114 valence electrons. The lowest BCUT2D eigenvalue weighted by Gasteiger charge is -2.24. The molecular formula is C15H19FN2O3. The zero-order valence-electron chi connectivity index (χ0n) is 11.9. The molecule has 1 unspecified atom stereocenters. The maximum Gasteiger partial charge on any atom is 0.321 e. The van der Waals surface area contributed by atoms with Crippen molar-refractivity contribution in [3.63, 3.8) is 0 Å². The summed E-state index contributed by atoms with van der Waals surface area (Å²) in [5.41, 5.74) is -0.348. The summed E-state index contributed by atoms with van der Waals surface area (Å²) in [7, 11) is 0. The van der Waals surface area contributed by atoms with Crippen molar-refractivity contribution in [1.29, 1.82) is 0 Å². The van der Waals surface area contributed by atoms with Gasteiger partial charge in [0.1, 0.15) is 5.82 Å². The minimum Gasteiger partial charge on any atom is -0.481 e. The third-order valence-electron chi connectivity index (χ3n) is 3.92. The summed E-state index contributed by atoms with van der Waals surface area (Å²) in [6, 6.07) is 5.12. The summed E-state index contributed by atoms with van der Waals surface area (Å²) in [4.78, 5) is 25.1. The summed E-state index contributed by atoms with van der Waals surface area (Å²) in [5, 5.41) is 12.1. The molecule has 1 aliphatic rings. The lowest BCUT2D eigenvalue weighted by molar-refractivity contribution is -0.148. The lowest BCUT2D eigenvalue weighted by atomic mass is 9.83. The minimum absolute atomic E-state index is 0.212. The summed E-state index contributed by atoms with van der Waals surface area (Å²) < 4.78 is 12.8. The standard InChI is InChI=1S/C15H19FN2O3/c1-2-7-15(13(19)20)8-9-18(10-15)14(21)17-12-5-3-11(16)4-6-12/h3-6H,2,7-10H2,1H3,(H,17,21)(H,19,20). The van der Waals surface area contributed by atoms with E-state index in [1.54, 1.807) is 0 Å². The second-order valence-electron chi connectivity index (χ2n) is 5.44. The molecule has 1 aromatic rings. The average Bonchev–Trinajstić information content (AvgIpc) is 2.88. The topological polar surface area (TPSA) is 69.6 Å². The third kappa shape index (κ3) is 3.32. The Bertz CT molecular complexity index is 532. The highest BCUT2D eigenvalue weighted by Crippen LogP contribution is 2.35. The summed E-state index contributed by atoms with van der Waals surface area (Å²) in [6.07, 6.45) is 1.79. The molecule has 5 nitrogen and oxygen atoms in total. The molecule has 0 aliphatic carbocycles. The smallest absolute Gasteiger partial charge is 0.321 e. The van der Waals surface area contributed by atoms with E-state index < -0.39 is 11.4 Å². The van der Waals surface area contributed by atoms with Crippen molar-refractivity contribution in [2.24, 2.45) is 5.41 Å². The van der Waals surface area contributed by atoms with Gasteiger partial charge in [0.05, 0.1) is 5.41 Å². The molecule has 1 heterocycles. The number of rotatable bonds is 4. The molecule has 1 aromatic carbocycles. The maximum absolute atomic E-state index is 12.8. The van der Waals surface area contributed by atoms with Gasteiger partial charge >= 0.3 is 12.0 Å². The Kier molecular flexibility index (Phi) is 4.45. The zero-order valence-corrected chi connectivity index (χ0v) is 11.9. The first-order chi connectivity index (χ1) is 9.97. The number of nitrogens with zero attached hydrogens (tertiary/aromatic N) is 1. The van der Waals surface area contributed by atoms with E-state index in [2.05, 4.69) is 5.32 Å². The zero-order chi connectivity index (χ0) is 15.5. The molecule has 1 fully saturated rings. The van der Waals surface area contributed by atoms with Gasteiger partial charge in [0.25, 0.3) is 0 Å². The van der Waals surface area contributed by atoms with Crippen molar-refractivity contribution in [2.45, 2.75) is 26.2 Å². The first kappa shape index (κ1) is 15.3. The van der Waals surface area contributed by atoms with Gasteiger partial charge in [0, 0.05) is 18.8 Å². The molecule has 1 saturated heterocycles. The number of anilines is 1. The van der Waals surface area contributed by atoms with E-state index in [4.69, 9.17) is 0 Å². The number of carbonyl (C=O) groups excluding carboxylic acids is 1. The molecule has 0 aromatic heterocycles. The van der Waals surface area contributed by atoms with E-state index in [-0.39, 0.29) is 18.4 Å². The molecular weight excluding hydrogens is 275 g/mol. The molecule has 2 amide bonds. The monoisotopic (exact) mass is 294 g/mol. The molecule has 0 saturated carbocycles. The predicted octanol–water partition coefficient (Wildman–Crippen LogP) is 2.93. The van der Waals surface area contributed by atoms with Crippen LogP contribution in [-0.4, -0.2) is 35.1 Å². The molecule has 6 heteroatoms. The van der Waals surface area contributed by atoms with E-state index in [9.17, 15) is 19.1 Å². The van der Waals surface area contributed by atoms with Gasteiger partial charge in [0.2, 0.25) is 0 Å². The number of carbonyl (C=O) groups is 2. The highest BCUT2D eigenvalue weighted by atomic mass is 19.1. The van der Waals surface area contributed by atoms with Crippen LogP contribution in [0.1, 0.15) is 26.2 Å². The Labute approximate surface area is 122 Å². The van der Waals surface area contributed by atoms with Gasteiger partial charge < -0.3 is 15.3 Å². The summed E-state index contributed by atoms with van der Waals surface area (Å²) in [6.45, 7) is 2.56. The Morgan fingerprint density at radius 2 is 2.05 bits per heavy atom. The van der Waals surface area contributed by atoms with Crippen LogP contribution in [0.2, 0.25) is 0 Å². The van der Waals surface area contributed by atoms with Gasteiger partial charge in [-0.3, -0.25) is 4.79 Å². The second kappa shape index (κ2) is 6.11. The van der Waals surface area contributed by atoms with Crippen LogP contribution in [0.3, 0.4) is 0 Å².